The first-order valence-electron chi connectivity index (χ1n) is 6.34. The van der Waals surface area contributed by atoms with Crippen LogP contribution in [0, 0.1) is 35.7 Å². The molecule has 1 amide bonds. The van der Waals surface area contributed by atoms with E-state index >= 15 is 0 Å². The number of carbonyl (C=O) groups is 1. The molecule has 0 spiro atoms. The maximum Gasteiger partial charge on any atom is 0.254 e. The minimum Gasteiger partial charge on any atom is -0.475 e. The van der Waals surface area contributed by atoms with E-state index in [4.69, 9.17) is 6.42 Å². The summed E-state index contributed by atoms with van der Waals surface area (Å²) >= 11 is 0. The fourth-order valence-electron chi connectivity index (χ4n) is 1.44. The molecule has 3 nitrogen and oxygen atoms in total. The molecule has 0 saturated carbocycles. The first-order valence-corrected chi connectivity index (χ1v) is 6.34. The van der Waals surface area contributed by atoms with Crippen molar-refractivity contribution < 1.29 is 22.7 Å². The largest absolute Gasteiger partial charge is 0.475 e. The van der Waals surface area contributed by atoms with Gasteiger partial charge in [-0.15, -0.1) is 6.42 Å². The summed E-state index contributed by atoms with van der Waals surface area (Å²) in [6.07, 6.45) is 4.90. The lowest BCUT2D eigenvalue weighted by atomic mass is 10.1. The molecule has 0 saturated heterocycles. The summed E-state index contributed by atoms with van der Waals surface area (Å²) in [7, 11) is 0. The lowest BCUT2D eigenvalue weighted by molar-refractivity contribution is 0.0924. The van der Waals surface area contributed by atoms with E-state index < -0.39 is 41.3 Å². The van der Waals surface area contributed by atoms with E-state index in [1.807, 2.05) is 19.8 Å². The Hall–Kier alpha value is -2.16. The molecule has 6 heteroatoms. The highest BCUT2D eigenvalue weighted by atomic mass is 19.2. The number of halogens is 3. The second-order valence-corrected chi connectivity index (χ2v) is 4.86. The molecule has 0 fully saturated rings. The molecule has 1 aromatic carbocycles. The number of rotatable bonds is 5. The van der Waals surface area contributed by atoms with Gasteiger partial charge < -0.3 is 10.1 Å². The predicted molar refractivity (Wildman–Crippen MR) is 72.4 cm³/mol. The number of amides is 1. The molecule has 1 rings (SSSR count). The van der Waals surface area contributed by atoms with E-state index in [1.54, 1.807) is 6.92 Å². The molecule has 1 unspecified atom stereocenters. The summed E-state index contributed by atoms with van der Waals surface area (Å²) in [5, 5.41) is 2.47. The van der Waals surface area contributed by atoms with Crippen molar-refractivity contribution in [3.63, 3.8) is 0 Å². The second kappa shape index (κ2) is 7.02. The molecule has 1 N–H and O–H groups in total. The molecule has 114 valence electrons. The Balaban J connectivity index is 3.11. The molecule has 0 aliphatic rings. The van der Waals surface area contributed by atoms with E-state index in [0.717, 1.165) is 0 Å². The molecule has 0 radical (unpaired) electrons. The Kier molecular flexibility index (Phi) is 5.65. The van der Waals surface area contributed by atoms with Crippen LogP contribution >= 0.6 is 0 Å². The summed E-state index contributed by atoms with van der Waals surface area (Å²) in [5.41, 5.74) is -0.717. The summed E-state index contributed by atoms with van der Waals surface area (Å²) in [6.45, 7) is 4.99. The van der Waals surface area contributed by atoms with Crippen LogP contribution in [0.2, 0.25) is 0 Å². The van der Waals surface area contributed by atoms with Gasteiger partial charge in [0.1, 0.15) is 6.61 Å². The lowest BCUT2D eigenvalue weighted by Gasteiger charge is -2.18. The maximum absolute atomic E-state index is 13.8. The van der Waals surface area contributed by atoms with Crippen LogP contribution in [0.4, 0.5) is 13.2 Å². The molecular weight excluding hydrogens is 283 g/mol. The summed E-state index contributed by atoms with van der Waals surface area (Å²) in [5.74, 6) is -3.97. The smallest absolute Gasteiger partial charge is 0.254 e. The van der Waals surface area contributed by atoms with Crippen molar-refractivity contribution in [3.05, 3.63) is 29.1 Å². The Morgan fingerprint density at radius 1 is 1.33 bits per heavy atom. The topological polar surface area (TPSA) is 38.3 Å². The van der Waals surface area contributed by atoms with Gasteiger partial charge in [0, 0.05) is 6.04 Å². The second-order valence-electron chi connectivity index (χ2n) is 4.86. The highest BCUT2D eigenvalue weighted by molar-refractivity contribution is 5.94. The van der Waals surface area contributed by atoms with Gasteiger partial charge in [-0.05, 0) is 18.9 Å². The SMILES string of the molecule is C#CCOc1c(F)cc(C(=O)NC(C)C(C)C)c(F)c1F. The fourth-order valence-corrected chi connectivity index (χ4v) is 1.44. The Morgan fingerprint density at radius 3 is 2.48 bits per heavy atom. The van der Waals surface area contributed by atoms with Gasteiger partial charge in [-0.1, -0.05) is 19.8 Å². The van der Waals surface area contributed by atoms with Gasteiger partial charge in [0.25, 0.3) is 5.91 Å². The minimum atomic E-state index is -1.58. The predicted octanol–water partition coefficient (Wildman–Crippen LogP) is 2.89. The van der Waals surface area contributed by atoms with Crippen molar-refractivity contribution >= 4 is 5.91 Å². The molecule has 0 bridgehead atoms. The zero-order valence-electron chi connectivity index (χ0n) is 12.0. The van der Waals surface area contributed by atoms with Crippen molar-refractivity contribution in [3.8, 4) is 18.1 Å². The molecule has 1 aromatic rings. The van der Waals surface area contributed by atoms with Gasteiger partial charge in [-0.25, -0.2) is 8.78 Å². The van der Waals surface area contributed by atoms with Crippen LogP contribution in [0.1, 0.15) is 31.1 Å². The van der Waals surface area contributed by atoms with Gasteiger partial charge in [0.05, 0.1) is 5.56 Å². The normalized spacial score (nSPS) is 11.9. The standard InChI is InChI=1S/C15H16F3NO2/c1-5-6-21-14-11(16)7-10(12(17)13(14)18)15(20)19-9(4)8(2)3/h1,7-9H,6H2,2-4H3,(H,19,20). The van der Waals surface area contributed by atoms with Gasteiger partial charge in [-0.3, -0.25) is 4.79 Å². The highest BCUT2D eigenvalue weighted by Crippen LogP contribution is 2.27. The van der Waals surface area contributed by atoms with E-state index in [-0.39, 0.29) is 12.0 Å². The van der Waals surface area contributed by atoms with Gasteiger partial charge in [0.15, 0.2) is 17.4 Å². The first kappa shape index (κ1) is 16.9. The summed E-state index contributed by atoms with van der Waals surface area (Å²) in [6, 6.07) is 0.313. The Morgan fingerprint density at radius 2 is 1.95 bits per heavy atom. The Bertz CT molecular complexity index is 579. The molecule has 21 heavy (non-hydrogen) atoms. The molecule has 0 aromatic heterocycles. The van der Waals surface area contributed by atoms with Crippen LogP contribution in [0.15, 0.2) is 6.07 Å². The van der Waals surface area contributed by atoms with Crippen molar-refractivity contribution in [1.29, 1.82) is 0 Å². The molecule has 0 heterocycles. The van der Waals surface area contributed by atoms with Gasteiger partial charge in [-0.2, -0.15) is 4.39 Å². The average molecular weight is 299 g/mol. The molecule has 1 atom stereocenters. The maximum atomic E-state index is 13.8. The van der Waals surface area contributed by atoms with Crippen molar-refractivity contribution in [2.24, 2.45) is 5.92 Å². The van der Waals surface area contributed by atoms with E-state index in [9.17, 15) is 18.0 Å². The molecular formula is C15H16F3NO2. The van der Waals surface area contributed by atoms with Gasteiger partial charge in [0.2, 0.25) is 5.82 Å². The minimum absolute atomic E-state index is 0.0879. The molecule has 0 aliphatic heterocycles. The average Bonchev–Trinajstić information content (AvgIpc) is 2.42. The van der Waals surface area contributed by atoms with Crippen molar-refractivity contribution in [2.45, 2.75) is 26.8 Å². The van der Waals surface area contributed by atoms with Crippen LogP contribution in [0.25, 0.3) is 0 Å². The highest BCUT2D eigenvalue weighted by Gasteiger charge is 2.25. The van der Waals surface area contributed by atoms with E-state index in [0.29, 0.717) is 6.07 Å². The zero-order chi connectivity index (χ0) is 16.2. The number of hydrogen-bond acceptors (Lipinski definition) is 2. The number of terminal acetylenes is 1. The van der Waals surface area contributed by atoms with Crippen LogP contribution < -0.4 is 10.1 Å². The van der Waals surface area contributed by atoms with E-state index in [2.05, 4.69) is 10.1 Å². The number of hydrogen-bond donors (Lipinski definition) is 1. The monoisotopic (exact) mass is 299 g/mol. The van der Waals surface area contributed by atoms with Crippen molar-refractivity contribution in [1.82, 2.24) is 5.32 Å². The van der Waals surface area contributed by atoms with Crippen molar-refractivity contribution in [2.75, 3.05) is 6.61 Å². The fraction of sp³-hybridized carbons (Fsp3) is 0.400. The van der Waals surface area contributed by atoms with Gasteiger partial charge >= 0.3 is 0 Å². The quantitative estimate of drug-likeness (QED) is 0.670. The first-order chi connectivity index (χ1) is 9.79. The third kappa shape index (κ3) is 3.91. The zero-order valence-corrected chi connectivity index (χ0v) is 12.0. The van der Waals surface area contributed by atoms with Crippen LogP contribution in [-0.2, 0) is 0 Å². The van der Waals surface area contributed by atoms with Crippen LogP contribution in [-0.4, -0.2) is 18.6 Å². The number of ether oxygens (including phenoxy) is 1. The van der Waals surface area contributed by atoms with E-state index in [1.165, 1.54) is 0 Å². The lowest BCUT2D eigenvalue weighted by Crippen LogP contribution is -2.36. The number of carbonyl (C=O) groups excluding carboxylic acids is 1. The van der Waals surface area contributed by atoms with Crippen LogP contribution in [0.5, 0.6) is 5.75 Å². The van der Waals surface area contributed by atoms with Crippen LogP contribution in [0.3, 0.4) is 0 Å². The third-order valence-electron chi connectivity index (χ3n) is 3.02. The summed E-state index contributed by atoms with van der Waals surface area (Å²) < 4.78 is 45.8. The Labute approximate surface area is 121 Å². The number of benzene rings is 1. The third-order valence-corrected chi connectivity index (χ3v) is 3.02. The number of nitrogens with one attached hydrogen (secondary N) is 1. The summed E-state index contributed by atoms with van der Waals surface area (Å²) in [4.78, 5) is 11.9. The molecule has 0 aliphatic carbocycles.